The Hall–Kier alpha value is -3.14. The van der Waals surface area contributed by atoms with Crippen molar-refractivity contribution >= 4 is 29.0 Å². The Morgan fingerprint density at radius 3 is 2.73 bits per heavy atom. The van der Waals surface area contributed by atoms with E-state index >= 15 is 0 Å². The van der Waals surface area contributed by atoms with Crippen molar-refractivity contribution in [2.24, 2.45) is 7.05 Å². The molecule has 9 nitrogen and oxygen atoms in total. The van der Waals surface area contributed by atoms with Gasteiger partial charge in [0, 0.05) is 25.0 Å². The van der Waals surface area contributed by atoms with Crippen LogP contribution in [0.15, 0.2) is 18.3 Å². The first-order valence-corrected chi connectivity index (χ1v) is 10.8. The number of amides is 1. The van der Waals surface area contributed by atoms with Gasteiger partial charge in [-0.25, -0.2) is 19.2 Å². The number of carbonyl (C=O) groups excluding carboxylic acids is 1. The Morgan fingerprint density at radius 2 is 2.03 bits per heavy atom. The topological polar surface area (TPSA) is 91.6 Å². The van der Waals surface area contributed by atoms with Crippen LogP contribution < -0.4 is 9.47 Å². The van der Waals surface area contributed by atoms with Gasteiger partial charge in [-0.05, 0) is 32.9 Å². The van der Waals surface area contributed by atoms with Crippen molar-refractivity contribution < 1.29 is 23.4 Å². The third-order valence-electron chi connectivity index (χ3n) is 5.11. The van der Waals surface area contributed by atoms with Crippen LogP contribution in [0, 0.1) is 5.82 Å². The van der Waals surface area contributed by atoms with Gasteiger partial charge in [-0.1, -0.05) is 11.6 Å². The fraction of sp³-hybridized carbons (Fsp3) is 0.455. The number of rotatable bonds is 4. The molecule has 0 radical (unpaired) electrons. The van der Waals surface area contributed by atoms with Crippen LogP contribution in [0.3, 0.4) is 0 Å². The number of fused-ring (bicyclic) bond motifs is 1. The van der Waals surface area contributed by atoms with Crippen molar-refractivity contribution in [3.05, 3.63) is 29.2 Å². The molecule has 1 atom stereocenters. The Labute approximate surface area is 195 Å². The molecular formula is C22H25ClFN5O4. The van der Waals surface area contributed by atoms with Crippen LogP contribution in [0.25, 0.3) is 22.7 Å². The molecule has 1 aliphatic rings. The summed E-state index contributed by atoms with van der Waals surface area (Å²) in [5.74, 6) is 0.252. The Bertz CT molecular complexity index is 1210. The van der Waals surface area contributed by atoms with Gasteiger partial charge in [-0.3, -0.25) is 0 Å². The zero-order valence-corrected chi connectivity index (χ0v) is 19.8. The van der Waals surface area contributed by atoms with Gasteiger partial charge in [0.1, 0.15) is 23.3 Å². The normalized spacial score (nSPS) is 16.3. The lowest BCUT2D eigenvalue weighted by molar-refractivity contribution is 0.0275. The zero-order valence-electron chi connectivity index (χ0n) is 19.1. The number of likely N-dealkylation sites (tertiary alicyclic amines) is 1. The van der Waals surface area contributed by atoms with Gasteiger partial charge >= 0.3 is 6.09 Å². The summed E-state index contributed by atoms with van der Waals surface area (Å²) >= 11 is 5.95. The van der Waals surface area contributed by atoms with Crippen molar-refractivity contribution in [1.82, 2.24) is 24.4 Å². The summed E-state index contributed by atoms with van der Waals surface area (Å²) in [6, 6.07) is 2.72. The first-order chi connectivity index (χ1) is 15.6. The summed E-state index contributed by atoms with van der Waals surface area (Å²) in [6.45, 7) is 6.39. The molecule has 0 spiro atoms. The summed E-state index contributed by atoms with van der Waals surface area (Å²) in [7, 11) is 3.14. The Balaban J connectivity index is 1.55. The van der Waals surface area contributed by atoms with Crippen LogP contribution in [-0.4, -0.2) is 62.4 Å². The van der Waals surface area contributed by atoms with Gasteiger partial charge in [-0.2, -0.15) is 4.98 Å². The van der Waals surface area contributed by atoms with Crippen molar-refractivity contribution in [3.8, 4) is 23.0 Å². The maximum Gasteiger partial charge on any atom is 0.410 e. The molecule has 0 unspecified atom stereocenters. The average Bonchev–Trinajstić information content (AvgIpc) is 3.31. The minimum absolute atomic E-state index is 0.162. The lowest BCUT2D eigenvalue weighted by Crippen LogP contribution is -2.36. The summed E-state index contributed by atoms with van der Waals surface area (Å²) in [5, 5.41) is 0.218. The van der Waals surface area contributed by atoms with E-state index in [0.717, 1.165) is 0 Å². The number of benzene rings is 1. The molecular weight excluding hydrogens is 453 g/mol. The maximum atomic E-state index is 14.7. The third kappa shape index (κ3) is 4.80. The number of nitrogens with zero attached hydrogens (tertiary/aromatic N) is 5. The number of aryl methyl sites for hydroxylation is 1. The Kier molecular flexibility index (Phi) is 6.04. The van der Waals surface area contributed by atoms with Crippen molar-refractivity contribution in [2.75, 3.05) is 20.2 Å². The number of ether oxygens (including phenoxy) is 3. The standard InChI is InChI=1S/C22H25ClFN5O4/c1-22(2,3)33-21(30)29-7-6-13(11-29)32-16-10-25-20-18(26-16)27-19(28(20)4)17-14(24)8-12(23)9-15(17)31-5/h8-10,13H,6-7,11H2,1-5H3/t13-/m1/s1. The molecule has 1 amide bonds. The summed E-state index contributed by atoms with van der Waals surface area (Å²) in [5.41, 5.74) is 0.351. The van der Waals surface area contributed by atoms with Crippen LogP contribution in [0.1, 0.15) is 27.2 Å². The monoisotopic (exact) mass is 477 g/mol. The number of aromatic nitrogens is 4. The molecule has 0 saturated carbocycles. The molecule has 2 aromatic heterocycles. The second-order valence-electron chi connectivity index (χ2n) is 8.77. The highest BCUT2D eigenvalue weighted by Crippen LogP contribution is 2.35. The lowest BCUT2D eigenvalue weighted by atomic mass is 10.1. The van der Waals surface area contributed by atoms with E-state index in [1.54, 1.807) is 16.5 Å². The summed E-state index contributed by atoms with van der Waals surface area (Å²) < 4.78 is 33.0. The number of methoxy groups -OCH3 is 1. The zero-order chi connectivity index (χ0) is 23.9. The molecule has 1 fully saturated rings. The van der Waals surface area contributed by atoms with E-state index in [9.17, 15) is 9.18 Å². The van der Waals surface area contributed by atoms with Crippen LogP contribution in [0.5, 0.6) is 11.6 Å². The number of hydrogen-bond acceptors (Lipinski definition) is 7. The molecule has 0 aliphatic carbocycles. The SMILES string of the molecule is COc1cc(Cl)cc(F)c1-c1nc2nc(O[C@@H]3CCN(C(=O)OC(C)(C)C)C3)cnc2n1C. The van der Waals surface area contributed by atoms with Gasteiger partial charge in [0.2, 0.25) is 11.5 Å². The molecule has 3 heterocycles. The summed E-state index contributed by atoms with van der Waals surface area (Å²) in [4.78, 5) is 27.2. The predicted molar refractivity (Wildman–Crippen MR) is 120 cm³/mol. The van der Waals surface area contributed by atoms with Gasteiger partial charge < -0.3 is 23.7 Å². The highest BCUT2D eigenvalue weighted by Gasteiger charge is 2.31. The van der Waals surface area contributed by atoms with E-state index < -0.39 is 11.4 Å². The molecule has 4 rings (SSSR count). The number of hydrogen-bond donors (Lipinski definition) is 0. The van der Waals surface area contributed by atoms with E-state index in [-0.39, 0.29) is 34.4 Å². The molecule has 0 N–H and O–H groups in total. The largest absolute Gasteiger partial charge is 0.496 e. The molecule has 11 heteroatoms. The van der Waals surface area contributed by atoms with Crippen molar-refractivity contribution in [3.63, 3.8) is 0 Å². The van der Waals surface area contributed by atoms with Crippen LogP contribution in [-0.2, 0) is 11.8 Å². The first-order valence-electron chi connectivity index (χ1n) is 10.4. The third-order valence-corrected chi connectivity index (χ3v) is 5.33. The van der Waals surface area contributed by atoms with Gasteiger partial charge in [0.05, 0.1) is 25.4 Å². The van der Waals surface area contributed by atoms with Gasteiger partial charge in [0.25, 0.3) is 0 Å². The summed E-state index contributed by atoms with van der Waals surface area (Å²) in [6.07, 6.45) is 1.50. The molecule has 1 aromatic carbocycles. The minimum Gasteiger partial charge on any atom is -0.496 e. The Morgan fingerprint density at radius 1 is 1.27 bits per heavy atom. The van der Waals surface area contributed by atoms with Crippen molar-refractivity contribution in [2.45, 2.75) is 38.9 Å². The fourth-order valence-electron chi connectivity index (χ4n) is 3.64. The average molecular weight is 478 g/mol. The molecule has 176 valence electrons. The number of imidazole rings is 1. The quantitative estimate of drug-likeness (QED) is 0.555. The molecule has 1 aliphatic heterocycles. The first kappa shape index (κ1) is 23.0. The molecule has 0 bridgehead atoms. The highest BCUT2D eigenvalue weighted by molar-refractivity contribution is 6.30. The molecule has 3 aromatic rings. The lowest BCUT2D eigenvalue weighted by Gasteiger charge is -2.24. The number of carbonyl (C=O) groups is 1. The van der Waals surface area contributed by atoms with E-state index in [1.165, 1.54) is 25.4 Å². The van der Waals surface area contributed by atoms with Gasteiger partial charge in [0.15, 0.2) is 11.5 Å². The van der Waals surface area contributed by atoms with Crippen LogP contribution in [0.4, 0.5) is 9.18 Å². The van der Waals surface area contributed by atoms with Gasteiger partial charge in [-0.15, -0.1) is 0 Å². The smallest absolute Gasteiger partial charge is 0.410 e. The maximum absolute atomic E-state index is 14.7. The van der Waals surface area contributed by atoms with Crippen LogP contribution >= 0.6 is 11.6 Å². The second-order valence-corrected chi connectivity index (χ2v) is 9.21. The molecule has 33 heavy (non-hydrogen) atoms. The van der Waals surface area contributed by atoms with E-state index in [1.807, 2.05) is 20.8 Å². The number of halogens is 2. The van der Waals surface area contributed by atoms with E-state index in [0.29, 0.717) is 36.6 Å². The van der Waals surface area contributed by atoms with Crippen LogP contribution in [0.2, 0.25) is 5.02 Å². The highest BCUT2D eigenvalue weighted by atomic mass is 35.5. The predicted octanol–water partition coefficient (Wildman–Crippen LogP) is 4.22. The fourth-order valence-corrected chi connectivity index (χ4v) is 3.84. The van der Waals surface area contributed by atoms with E-state index in [2.05, 4.69) is 15.0 Å². The van der Waals surface area contributed by atoms with E-state index in [4.69, 9.17) is 25.8 Å². The minimum atomic E-state index is -0.567. The second kappa shape index (κ2) is 8.66. The molecule has 1 saturated heterocycles. The van der Waals surface area contributed by atoms with Crippen molar-refractivity contribution in [1.29, 1.82) is 0 Å².